The van der Waals surface area contributed by atoms with Gasteiger partial charge in [-0.2, -0.15) is 0 Å². The molecule has 1 rings (SSSR count). The second kappa shape index (κ2) is 11.7. The predicted molar refractivity (Wildman–Crippen MR) is 94.2 cm³/mol. The van der Waals surface area contributed by atoms with Crippen LogP contribution in [0.2, 0.25) is 0 Å². The number of nitrogens with one attached hydrogen (secondary N) is 1. The average Bonchev–Trinajstić information content (AvgIpc) is 2.60. The minimum atomic E-state index is -0.691. The largest absolute Gasteiger partial charge is 0.463 e. The van der Waals surface area contributed by atoms with E-state index in [1.54, 1.807) is 0 Å². The molecule has 0 spiro atoms. The van der Waals surface area contributed by atoms with Gasteiger partial charge >= 0.3 is 5.97 Å². The Bertz CT molecular complexity index is 622. The summed E-state index contributed by atoms with van der Waals surface area (Å²) in [6, 6.07) is 3.38. The van der Waals surface area contributed by atoms with Gasteiger partial charge in [-0.1, -0.05) is 19.8 Å². The van der Waals surface area contributed by atoms with Gasteiger partial charge in [-0.05, 0) is 12.5 Å². The lowest BCUT2D eigenvalue weighted by molar-refractivity contribution is -0.393. The first-order chi connectivity index (χ1) is 12.5. The van der Waals surface area contributed by atoms with Crippen LogP contribution in [0.1, 0.15) is 32.6 Å². The molecule has 0 heterocycles. The minimum Gasteiger partial charge on any atom is -0.463 e. The number of non-ortho nitro benzene ring substituents is 1. The number of anilines is 1. The fourth-order valence-corrected chi connectivity index (χ4v) is 2.10. The molecule has 0 aliphatic rings. The van der Waals surface area contributed by atoms with Gasteiger partial charge < -0.3 is 14.8 Å². The summed E-state index contributed by atoms with van der Waals surface area (Å²) in [6.07, 6.45) is 3.25. The number of nitro groups is 2. The topological polar surface area (TPSA) is 134 Å². The van der Waals surface area contributed by atoms with Crippen LogP contribution in [-0.4, -0.2) is 42.2 Å². The number of benzene rings is 1. The summed E-state index contributed by atoms with van der Waals surface area (Å²) in [7, 11) is 0. The zero-order valence-corrected chi connectivity index (χ0v) is 14.6. The van der Waals surface area contributed by atoms with Crippen molar-refractivity contribution in [1.82, 2.24) is 0 Å². The Labute approximate surface area is 150 Å². The van der Waals surface area contributed by atoms with Crippen molar-refractivity contribution < 1.29 is 24.1 Å². The number of hydrogen-bond acceptors (Lipinski definition) is 8. The van der Waals surface area contributed by atoms with Crippen molar-refractivity contribution in [2.24, 2.45) is 0 Å². The van der Waals surface area contributed by atoms with Crippen LogP contribution in [0, 0.1) is 20.2 Å². The van der Waals surface area contributed by atoms with E-state index in [-0.39, 0.29) is 49.4 Å². The van der Waals surface area contributed by atoms with E-state index < -0.39 is 9.85 Å². The highest BCUT2D eigenvalue weighted by atomic mass is 16.6. The smallest absolute Gasteiger partial charge is 0.305 e. The number of nitro benzene ring substituents is 2. The molecule has 0 aromatic heterocycles. The molecular weight excluding hydrogens is 346 g/mol. The Morgan fingerprint density at radius 1 is 1.12 bits per heavy atom. The number of ether oxygens (including phenoxy) is 2. The SMILES string of the molecule is CCCCCC(=O)OCCOCCNc1ccc([N+](=O)[O-])cc1[N+](=O)[O-]. The van der Waals surface area contributed by atoms with Crippen LogP contribution in [-0.2, 0) is 14.3 Å². The third-order valence-corrected chi connectivity index (χ3v) is 3.43. The summed E-state index contributed by atoms with van der Waals surface area (Å²) in [5.41, 5.74) is -0.550. The van der Waals surface area contributed by atoms with Crippen LogP contribution in [0.4, 0.5) is 17.1 Å². The zero-order chi connectivity index (χ0) is 19.4. The van der Waals surface area contributed by atoms with Crippen molar-refractivity contribution in [2.45, 2.75) is 32.6 Å². The molecule has 0 saturated heterocycles. The first-order valence-corrected chi connectivity index (χ1v) is 8.35. The quantitative estimate of drug-likeness (QED) is 0.243. The highest BCUT2D eigenvalue weighted by Crippen LogP contribution is 2.28. The Hall–Kier alpha value is -2.75. The van der Waals surface area contributed by atoms with Crippen LogP contribution in [0.5, 0.6) is 0 Å². The number of carbonyl (C=O) groups excluding carboxylic acids is 1. The number of rotatable bonds is 13. The number of hydrogen-bond donors (Lipinski definition) is 1. The van der Waals surface area contributed by atoms with Crippen LogP contribution in [0.25, 0.3) is 0 Å². The third-order valence-electron chi connectivity index (χ3n) is 3.43. The number of esters is 1. The lowest BCUT2D eigenvalue weighted by atomic mass is 10.2. The maximum Gasteiger partial charge on any atom is 0.305 e. The van der Waals surface area contributed by atoms with Crippen molar-refractivity contribution in [1.29, 1.82) is 0 Å². The lowest BCUT2D eigenvalue weighted by Crippen LogP contribution is -2.15. The van der Waals surface area contributed by atoms with E-state index in [1.807, 2.05) is 0 Å². The van der Waals surface area contributed by atoms with E-state index in [9.17, 15) is 25.0 Å². The molecule has 10 heteroatoms. The van der Waals surface area contributed by atoms with Crippen molar-refractivity contribution in [3.05, 3.63) is 38.4 Å². The van der Waals surface area contributed by atoms with Crippen LogP contribution in [0.3, 0.4) is 0 Å². The Morgan fingerprint density at radius 2 is 1.88 bits per heavy atom. The highest BCUT2D eigenvalue weighted by molar-refractivity contribution is 5.69. The van der Waals surface area contributed by atoms with Crippen molar-refractivity contribution in [3.63, 3.8) is 0 Å². The summed E-state index contributed by atoms with van der Waals surface area (Å²) in [5, 5.41) is 24.5. The van der Waals surface area contributed by atoms with Crippen molar-refractivity contribution in [3.8, 4) is 0 Å². The van der Waals surface area contributed by atoms with E-state index in [0.29, 0.717) is 6.42 Å². The molecule has 0 bridgehead atoms. The van der Waals surface area contributed by atoms with Gasteiger partial charge in [-0.25, -0.2) is 0 Å². The Kier molecular flexibility index (Phi) is 9.62. The fraction of sp³-hybridized carbons (Fsp3) is 0.562. The molecule has 1 N–H and O–H groups in total. The van der Waals surface area contributed by atoms with Gasteiger partial charge in [0.05, 0.1) is 29.1 Å². The lowest BCUT2D eigenvalue weighted by Gasteiger charge is -2.08. The maximum atomic E-state index is 11.4. The number of nitrogens with zero attached hydrogens (tertiary/aromatic N) is 2. The molecular formula is C16H23N3O7. The van der Waals surface area contributed by atoms with Crippen molar-refractivity contribution >= 4 is 23.0 Å². The van der Waals surface area contributed by atoms with Gasteiger partial charge in [-0.3, -0.25) is 25.0 Å². The molecule has 26 heavy (non-hydrogen) atoms. The molecule has 0 unspecified atom stereocenters. The van der Waals surface area contributed by atoms with Gasteiger partial charge in [0.2, 0.25) is 0 Å². The summed E-state index contributed by atoms with van der Waals surface area (Å²) < 4.78 is 10.3. The van der Waals surface area contributed by atoms with Gasteiger partial charge in [0.1, 0.15) is 12.3 Å². The standard InChI is InChI=1S/C16H23N3O7/c1-2-3-4-5-16(20)26-11-10-25-9-8-17-14-7-6-13(18(21)22)12-15(14)19(23)24/h6-7,12,17H,2-5,8-11H2,1H3. The fourth-order valence-electron chi connectivity index (χ4n) is 2.10. The van der Waals surface area contributed by atoms with Gasteiger partial charge in [0, 0.05) is 19.0 Å². The second-order valence-electron chi connectivity index (χ2n) is 5.43. The third kappa shape index (κ3) is 7.88. The van der Waals surface area contributed by atoms with E-state index in [0.717, 1.165) is 25.3 Å². The monoisotopic (exact) mass is 369 g/mol. The van der Waals surface area contributed by atoms with Gasteiger partial charge in [0.15, 0.2) is 0 Å². The molecule has 0 aliphatic carbocycles. The molecule has 0 radical (unpaired) electrons. The molecule has 0 saturated carbocycles. The van der Waals surface area contributed by atoms with Crippen LogP contribution >= 0.6 is 0 Å². The molecule has 0 fully saturated rings. The highest BCUT2D eigenvalue weighted by Gasteiger charge is 2.18. The normalized spacial score (nSPS) is 10.3. The Morgan fingerprint density at radius 3 is 2.54 bits per heavy atom. The van der Waals surface area contributed by atoms with E-state index in [1.165, 1.54) is 12.1 Å². The molecule has 144 valence electrons. The first kappa shape index (κ1) is 21.3. The molecule has 0 atom stereocenters. The average molecular weight is 369 g/mol. The summed E-state index contributed by atoms with van der Waals surface area (Å²) >= 11 is 0. The molecule has 1 aromatic carbocycles. The van der Waals surface area contributed by atoms with E-state index >= 15 is 0 Å². The maximum absolute atomic E-state index is 11.4. The summed E-state index contributed by atoms with van der Waals surface area (Å²) in [4.78, 5) is 31.7. The van der Waals surface area contributed by atoms with Crippen molar-refractivity contribution in [2.75, 3.05) is 31.7 Å². The van der Waals surface area contributed by atoms with Crippen LogP contribution < -0.4 is 5.32 Å². The minimum absolute atomic E-state index is 0.155. The summed E-state index contributed by atoms with van der Waals surface area (Å²) in [5.74, 6) is -0.248. The zero-order valence-electron chi connectivity index (χ0n) is 14.6. The van der Waals surface area contributed by atoms with Gasteiger partial charge in [0.25, 0.3) is 11.4 Å². The predicted octanol–water partition coefficient (Wildman–Crippen LogP) is 3.06. The first-order valence-electron chi connectivity index (χ1n) is 8.35. The van der Waals surface area contributed by atoms with E-state index in [4.69, 9.17) is 9.47 Å². The van der Waals surface area contributed by atoms with E-state index in [2.05, 4.69) is 12.2 Å². The molecule has 10 nitrogen and oxygen atoms in total. The molecule has 0 aliphatic heterocycles. The summed E-state index contributed by atoms with van der Waals surface area (Å²) in [6.45, 7) is 2.94. The van der Waals surface area contributed by atoms with Gasteiger partial charge in [-0.15, -0.1) is 0 Å². The molecule has 1 aromatic rings. The number of carbonyl (C=O) groups is 1. The number of unbranched alkanes of at least 4 members (excludes halogenated alkanes) is 2. The van der Waals surface area contributed by atoms with Crippen LogP contribution in [0.15, 0.2) is 18.2 Å². The molecule has 0 amide bonds. The Balaban J connectivity index is 2.26. The second-order valence-corrected chi connectivity index (χ2v) is 5.43.